The van der Waals surface area contributed by atoms with Crippen LogP contribution in [0.2, 0.25) is 0 Å². The van der Waals surface area contributed by atoms with Crippen molar-refractivity contribution >= 4 is 11.3 Å². The summed E-state index contributed by atoms with van der Waals surface area (Å²) in [6.07, 6.45) is 0. The summed E-state index contributed by atoms with van der Waals surface area (Å²) in [5, 5.41) is 4.26. The molecule has 0 bridgehead atoms. The van der Waals surface area contributed by atoms with Crippen LogP contribution >= 0.6 is 11.3 Å². The fourth-order valence-electron chi connectivity index (χ4n) is 1.66. The summed E-state index contributed by atoms with van der Waals surface area (Å²) in [5.74, 6) is 0. The van der Waals surface area contributed by atoms with Gasteiger partial charge in [-0.3, -0.25) is 0 Å². The van der Waals surface area contributed by atoms with Crippen molar-refractivity contribution in [2.45, 2.75) is 20.4 Å². The molecule has 0 aliphatic rings. The first kappa shape index (κ1) is 11.3. The van der Waals surface area contributed by atoms with Crippen LogP contribution in [0, 0.1) is 13.8 Å². The Balaban J connectivity index is 2.37. The topological polar surface area (TPSA) is 24.9 Å². The van der Waals surface area contributed by atoms with E-state index in [1.54, 1.807) is 11.3 Å². The van der Waals surface area contributed by atoms with Crippen LogP contribution in [0.4, 0.5) is 0 Å². The average Bonchev–Trinajstić information content (AvgIpc) is 2.61. The summed E-state index contributed by atoms with van der Waals surface area (Å²) in [6, 6.07) is 8.49. The second-order valence-electron chi connectivity index (χ2n) is 3.92. The Morgan fingerprint density at radius 1 is 1.31 bits per heavy atom. The van der Waals surface area contributed by atoms with Gasteiger partial charge < -0.3 is 5.32 Å². The van der Waals surface area contributed by atoms with E-state index >= 15 is 0 Å². The van der Waals surface area contributed by atoms with Crippen molar-refractivity contribution in [3.05, 3.63) is 40.4 Å². The molecule has 3 heteroatoms. The van der Waals surface area contributed by atoms with E-state index < -0.39 is 0 Å². The number of aryl methyl sites for hydroxylation is 2. The van der Waals surface area contributed by atoms with Crippen molar-refractivity contribution in [2.24, 2.45) is 0 Å². The smallest absolute Gasteiger partial charge is 0.123 e. The molecule has 0 fully saturated rings. The van der Waals surface area contributed by atoms with Crippen molar-refractivity contribution < 1.29 is 0 Å². The van der Waals surface area contributed by atoms with Gasteiger partial charge in [-0.25, -0.2) is 4.98 Å². The van der Waals surface area contributed by atoms with Gasteiger partial charge in [-0.2, -0.15) is 0 Å². The van der Waals surface area contributed by atoms with Gasteiger partial charge in [-0.15, -0.1) is 11.3 Å². The minimum atomic E-state index is 0.841. The van der Waals surface area contributed by atoms with Crippen LogP contribution in [0.15, 0.2) is 24.3 Å². The van der Waals surface area contributed by atoms with Gasteiger partial charge in [-0.05, 0) is 27.0 Å². The molecule has 84 valence electrons. The molecule has 2 rings (SSSR count). The van der Waals surface area contributed by atoms with Crippen LogP contribution in [-0.2, 0) is 6.54 Å². The van der Waals surface area contributed by atoms with Crippen molar-refractivity contribution in [1.82, 2.24) is 10.3 Å². The van der Waals surface area contributed by atoms with Gasteiger partial charge >= 0.3 is 0 Å². The van der Waals surface area contributed by atoms with Gasteiger partial charge in [0.15, 0.2) is 0 Å². The zero-order valence-corrected chi connectivity index (χ0v) is 10.7. The van der Waals surface area contributed by atoms with Crippen molar-refractivity contribution in [3.63, 3.8) is 0 Å². The third-order valence-electron chi connectivity index (χ3n) is 2.50. The molecule has 0 aliphatic carbocycles. The second kappa shape index (κ2) is 4.76. The largest absolute Gasteiger partial charge is 0.314 e. The maximum Gasteiger partial charge on any atom is 0.123 e. The first-order valence-electron chi connectivity index (χ1n) is 5.38. The van der Waals surface area contributed by atoms with Gasteiger partial charge in [0.1, 0.15) is 5.01 Å². The lowest BCUT2D eigenvalue weighted by molar-refractivity contribution is 0.793. The zero-order chi connectivity index (χ0) is 11.5. The summed E-state index contributed by atoms with van der Waals surface area (Å²) in [7, 11) is 1.95. The summed E-state index contributed by atoms with van der Waals surface area (Å²) < 4.78 is 0. The molecule has 0 radical (unpaired) electrons. The van der Waals surface area contributed by atoms with Crippen molar-refractivity contribution in [3.8, 4) is 10.6 Å². The summed E-state index contributed by atoms with van der Waals surface area (Å²) in [4.78, 5) is 5.96. The van der Waals surface area contributed by atoms with E-state index in [-0.39, 0.29) is 0 Å². The third kappa shape index (κ3) is 2.31. The van der Waals surface area contributed by atoms with Crippen LogP contribution in [0.1, 0.15) is 16.1 Å². The minimum absolute atomic E-state index is 0.841. The number of aromatic nitrogens is 1. The standard InChI is InChI=1S/C13H16N2S/c1-9-5-4-6-11(7-9)13-15-12(8-14-3)10(2)16-13/h4-7,14H,8H2,1-3H3. The van der Waals surface area contributed by atoms with E-state index in [9.17, 15) is 0 Å². The van der Waals surface area contributed by atoms with Crippen LogP contribution < -0.4 is 5.32 Å². The first-order chi connectivity index (χ1) is 7.70. The van der Waals surface area contributed by atoms with E-state index in [4.69, 9.17) is 0 Å². The molecular weight excluding hydrogens is 216 g/mol. The molecule has 0 saturated heterocycles. The third-order valence-corrected chi connectivity index (χ3v) is 3.56. The van der Waals surface area contributed by atoms with Crippen LogP contribution in [0.5, 0.6) is 0 Å². The zero-order valence-electron chi connectivity index (χ0n) is 9.87. The Hall–Kier alpha value is -1.19. The van der Waals surface area contributed by atoms with E-state index in [1.807, 2.05) is 7.05 Å². The molecule has 1 aromatic carbocycles. The minimum Gasteiger partial charge on any atom is -0.314 e. The number of nitrogens with zero attached hydrogens (tertiary/aromatic N) is 1. The number of rotatable bonds is 3. The Kier molecular flexibility index (Phi) is 3.36. The lowest BCUT2D eigenvalue weighted by atomic mass is 10.1. The fourth-order valence-corrected chi connectivity index (χ4v) is 2.59. The average molecular weight is 232 g/mol. The van der Waals surface area contributed by atoms with Gasteiger partial charge in [0.05, 0.1) is 5.69 Å². The maximum absolute atomic E-state index is 4.67. The number of hydrogen-bond acceptors (Lipinski definition) is 3. The molecule has 0 saturated carbocycles. The van der Waals surface area contributed by atoms with E-state index in [0.29, 0.717) is 0 Å². The highest BCUT2D eigenvalue weighted by molar-refractivity contribution is 7.15. The molecule has 16 heavy (non-hydrogen) atoms. The predicted octanol–water partition coefficient (Wildman–Crippen LogP) is 3.15. The maximum atomic E-state index is 4.67. The molecule has 0 spiro atoms. The van der Waals surface area contributed by atoms with E-state index in [1.165, 1.54) is 16.0 Å². The molecule has 0 atom stereocenters. The Morgan fingerprint density at radius 2 is 2.12 bits per heavy atom. The molecule has 1 heterocycles. The normalized spacial score (nSPS) is 10.7. The number of nitrogens with one attached hydrogen (secondary N) is 1. The van der Waals surface area contributed by atoms with E-state index in [0.717, 1.165) is 17.2 Å². The lowest BCUT2D eigenvalue weighted by Gasteiger charge is -1.97. The molecule has 1 aromatic heterocycles. The highest BCUT2D eigenvalue weighted by Gasteiger charge is 2.08. The van der Waals surface area contributed by atoms with E-state index in [2.05, 4.69) is 48.4 Å². The van der Waals surface area contributed by atoms with Gasteiger partial charge in [-0.1, -0.05) is 23.8 Å². The Labute approximate surface area is 100 Å². The van der Waals surface area contributed by atoms with Gasteiger partial charge in [0.25, 0.3) is 0 Å². The van der Waals surface area contributed by atoms with Gasteiger partial charge in [0.2, 0.25) is 0 Å². The van der Waals surface area contributed by atoms with Gasteiger partial charge in [0, 0.05) is 17.0 Å². The molecule has 2 nitrogen and oxygen atoms in total. The summed E-state index contributed by atoms with van der Waals surface area (Å²) >= 11 is 1.76. The molecule has 0 amide bonds. The number of thiazole rings is 1. The Bertz CT molecular complexity index is 488. The molecule has 2 aromatic rings. The fraction of sp³-hybridized carbons (Fsp3) is 0.308. The SMILES string of the molecule is CNCc1nc(-c2cccc(C)c2)sc1C. The highest BCUT2D eigenvalue weighted by atomic mass is 32.1. The van der Waals surface area contributed by atoms with Crippen molar-refractivity contribution in [2.75, 3.05) is 7.05 Å². The quantitative estimate of drug-likeness (QED) is 0.879. The van der Waals surface area contributed by atoms with Crippen LogP contribution in [-0.4, -0.2) is 12.0 Å². The summed E-state index contributed by atoms with van der Waals surface area (Å²) in [5.41, 5.74) is 3.65. The molecular formula is C13H16N2S. The summed E-state index contributed by atoms with van der Waals surface area (Å²) in [6.45, 7) is 5.08. The number of benzene rings is 1. The van der Waals surface area contributed by atoms with Crippen molar-refractivity contribution in [1.29, 1.82) is 0 Å². The second-order valence-corrected chi connectivity index (χ2v) is 5.12. The molecule has 0 aliphatic heterocycles. The Morgan fingerprint density at radius 3 is 2.81 bits per heavy atom. The van der Waals surface area contributed by atoms with Crippen LogP contribution in [0.25, 0.3) is 10.6 Å². The van der Waals surface area contributed by atoms with Crippen LogP contribution in [0.3, 0.4) is 0 Å². The first-order valence-corrected chi connectivity index (χ1v) is 6.20. The molecule has 0 unspecified atom stereocenters. The molecule has 1 N–H and O–H groups in total. The highest BCUT2D eigenvalue weighted by Crippen LogP contribution is 2.27. The predicted molar refractivity (Wildman–Crippen MR) is 69.8 cm³/mol. The number of hydrogen-bond donors (Lipinski definition) is 1. The monoisotopic (exact) mass is 232 g/mol. The lowest BCUT2D eigenvalue weighted by Crippen LogP contribution is -2.06.